The molecule has 0 unspecified atom stereocenters. The number of anilines is 2. The summed E-state index contributed by atoms with van der Waals surface area (Å²) in [6, 6.07) is 21.4. The average Bonchev–Trinajstić information content (AvgIpc) is 3.32. The first-order chi connectivity index (χ1) is 18.6. The van der Waals surface area contributed by atoms with Gasteiger partial charge in [0, 0.05) is 35.4 Å². The first-order valence-electron chi connectivity index (χ1n) is 11.6. The van der Waals surface area contributed by atoms with E-state index in [-0.39, 0.29) is 26.9 Å². The van der Waals surface area contributed by atoms with Gasteiger partial charge in [-0.25, -0.2) is 9.88 Å². The summed E-state index contributed by atoms with van der Waals surface area (Å²) in [6.45, 7) is 0. The van der Waals surface area contributed by atoms with Crippen molar-refractivity contribution in [3.8, 4) is 11.5 Å². The Kier molecular flexibility index (Phi) is 7.56. The van der Waals surface area contributed by atoms with Crippen LogP contribution in [-0.2, 0) is 0 Å². The van der Waals surface area contributed by atoms with Crippen molar-refractivity contribution in [2.45, 2.75) is 0 Å². The number of hydrogen-bond acceptors (Lipinski definition) is 5. The Bertz CT molecular complexity index is 1670. The third-order valence-electron chi connectivity index (χ3n) is 5.99. The summed E-state index contributed by atoms with van der Waals surface area (Å²) in [5.74, 6) is -0.941. The number of fused-ring (bicyclic) bond motifs is 1. The minimum absolute atomic E-state index is 0.0847. The van der Waals surface area contributed by atoms with Crippen LogP contribution in [0.5, 0.6) is 0 Å². The lowest BCUT2D eigenvalue weighted by Crippen LogP contribution is -2.37. The molecule has 0 spiro atoms. The maximum absolute atomic E-state index is 13.8. The van der Waals surface area contributed by atoms with E-state index >= 15 is 0 Å². The second-order valence-corrected chi connectivity index (χ2v) is 10.5. The van der Waals surface area contributed by atoms with E-state index in [0.717, 1.165) is 16.2 Å². The van der Waals surface area contributed by atoms with Crippen molar-refractivity contribution < 1.29 is 14.0 Å². The number of oxazole rings is 1. The van der Waals surface area contributed by atoms with Gasteiger partial charge in [-0.15, -0.1) is 0 Å². The van der Waals surface area contributed by atoms with E-state index < -0.39 is 11.8 Å². The molecule has 0 aliphatic rings. The van der Waals surface area contributed by atoms with Gasteiger partial charge >= 0.3 is 0 Å². The van der Waals surface area contributed by atoms with Gasteiger partial charge in [-0.3, -0.25) is 9.59 Å². The zero-order valence-electron chi connectivity index (χ0n) is 20.6. The third-order valence-corrected chi connectivity index (χ3v) is 7.08. The molecule has 0 bridgehead atoms. The number of carbonyl (C=O) groups excluding carboxylic acids is 2. The Labute approximate surface area is 244 Å². The highest BCUT2D eigenvalue weighted by Gasteiger charge is 2.29. The summed E-state index contributed by atoms with van der Waals surface area (Å²) < 4.78 is 5.96. The van der Waals surface area contributed by atoms with Gasteiger partial charge in [0.25, 0.3) is 11.8 Å². The Hall–Kier alpha value is -3.55. The van der Waals surface area contributed by atoms with Crippen LogP contribution in [-0.4, -0.2) is 30.9 Å². The fraction of sp³-hybridized carbons (Fsp3) is 0.0690. The number of imide groups is 1. The Morgan fingerprint density at radius 2 is 1.23 bits per heavy atom. The van der Waals surface area contributed by atoms with Crippen molar-refractivity contribution in [1.29, 1.82) is 0 Å². The first-order valence-corrected chi connectivity index (χ1v) is 13.1. The van der Waals surface area contributed by atoms with Gasteiger partial charge in [0.05, 0.1) is 26.9 Å². The monoisotopic (exact) mass is 597 g/mol. The van der Waals surface area contributed by atoms with Crippen LogP contribution in [0, 0.1) is 0 Å². The van der Waals surface area contributed by atoms with E-state index in [9.17, 15) is 9.59 Å². The normalized spacial score (nSPS) is 11.0. The molecule has 1 heterocycles. The number of aromatic nitrogens is 1. The molecule has 0 atom stereocenters. The lowest BCUT2D eigenvalue weighted by Gasteiger charge is -2.22. The molecule has 39 heavy (non-hydrogen) atoms. The topological polar surface area (TPSA) is 66.7 Å². The van der Waals surface area contributed by atoms with Crippen LogP contribution in [0.2, 0.25) is 20.1 Å². The smallest absolute Gasteiger partial charge is 0.266 e. The van der Waals surface area contributed by atoms with Crippen molar-refractivity contribution in [3.05, 3.63) is 110 Å². The molecule has 196 valence electrons. The molecule has 0 radical (unpaired) electrons. The second kappa shape index (κ2) is 10.9. The molecule has 2 amide bonds. The highest BCUT2D eigenvalue weighted by Crippen LogP contribution is 2.32. The fourth-order valence-electron chi connectivity index (χ4n) is 3.97. The van der Waals surface area contributed by atoms with Gasteiger partial charge in [0.1, 0.15) is 5.52 Å². The summed E-state index contributed by atoms with van der Waals surface area (Å²) in [5, 5.41) is 0.896. The molecule has 6 nitrogen and oxygen atoms in total. The van der Waals surface area contributed by atoms with Gasteiger partial charge < -0.3 is 9.32 Å². The molecule has 4 aromatic carbocycles. The van der Waals surface area contributed by atoms with Crippen molar-refractivity contribution in [3.63, 3.8) is 0 Å². The molecular weight excluding hydrogens is 580 g/mol. The lowest BCUT2D eigenvalue weighted by molar-refractivity contribution is 0.0898. The second-order valence-electron chi connectivity index (χ2n) is 8.81. The molecule has 0 aliphatic carbocycles. The molecular formula is C29H19Cl4N3O3. The minimum Gasteiger partial charge on any atom is -0.436 e. The predicted molar refractivity (Wildman–Crippen MR) is 158 cm³/mol. The molecule has 5 aromatic rings. The first kappa shape index (κ1) is 27.0. The van der Waals surface area contributed by atoms with Crippen molar-refractivity contribution >= 4 is 80.7 Å². The predicted octanol–water partition coefficient (Wildman–Crippen LogP) is 8.66. The summed E-state index contributed by atoms with van der Waals surface area (Å²) in [7, 11) is 3.91. The van der Waals surface area contributed by atoms with Crippen LogP contribution in [0.3, 0.4) is 0 Å². The van der Waals surface area contributed by atoms with Crippen LogP contribution in [0.1, 0.15) is 20.7 Å². The van der Waals surface area contributed by atoms with Crippen molar-refractivity contribution in [2.24, 2.45) is 0 Å². The van der Waals surface area contributed by atoms with Crippen LogP contribution in [0.15, 0.2) is 83.3 Å². The standard InChI is InChI=1S/C29H19Cl4N3O3/c1-35(2)19-7-3-16(4-8-19)27-34-25-15-20(9-12-26(25)39-27)36(28(37)21-10-5-17(30)13-23(21)32)29(38)22-11-6-18(31)14-24(22)33/h3-15H,1-2H3. The van der Waals surface area contributed by atoms with Gasteiger partial charge in [0.15, 0.2) is 5.58 Å². The van der Waals surface area contributed by atoms with E-state index in [1.165, 1.54) is 36.4 Å². The molecule has 1 aromatic heterocycles. The van der Waals surface area contributed by atoms with Crippen LogP contribution in [0.4, 0.5) is 11.4 Å². The molecule has 0 saturated carbocycles. The number of nitrogens with zero attached hydrogens (tertiary/aromatic N) is 3. The highest BCUT2D eigenvalue weighted by atomic mass is 35.5. The van der Waals surface area contributed by atoms with Crippen molar-refractivity contribution in [2.75, 3.05) is 23.9 Å². The molecule has 0 N–H and O–H groups in total. The molecule has 5 rings (SSSR count). The van der Waals surface area contributed by atoms with Crippen LogP contribution >= 0.6 is 46.4 Å². The van der Waals surface area contributed by atoms with Crippen LogP contribution in [0.25, 0.3) is 22.6 Å². The Balaban J connectivity index is 1.60. The maximum atomic E-state index is 13.8. The van der Waals surface area contributed by atoms with Gasteiger partial charge in [-0.1, -0.05) is 46.4 Å². The zero-order valence-corrected chi connectivity index (χ0v) is 23.6. The molecule has 10 heteroatoms. The van der Waals surface area contributed by atoms with Gasteiger partial charge in [-0.05, 0) is 78.9 Å². The Morgan fingerprint density at radius 3 is 1.74 bits per heavy atom. The summed E-state index contributed by atoms with van der Waals surface area (Å²) >= 11 is 24.7. The SMILES string of the molecule is CN(C)c1ccc(-c2nc3cc(N(C(=O)c4ccc(Cl)cc4Cl)C(=O)c4ccc(Cl)cc4Cl)ccc3o2)cc1. The van der Waals surface area contributed by atoms with Gasteiger partial charge in [0.2, 0.25) is 5.89 Å². The number of rotatable bonds is 5. The summed E-state index contributed by atoms with van der Waals surface area (Å²) in [5.41, 5.74) is 3.17. The number of hydrogen-bond donors (Lipinski definition) is 0. The summed E-state index contributed by atoms with van der Waals surface area (Å²) in [4.78, 5) is 35.1. The largest absolute Gasteiger partial charge is 0.436 e. The summed E-state index contributed by atoms with van der Waals surface area (Å²) in [6.07, 6.45) is 0. The quantitative estimate of drug-likeness (QED) is 0.189. The molecule has 0 fully saturated rings. The molecule has 0 aliphatic heterocycles. The van der Waals surface area contributed by atoms with Crippen molar-refractivity contribution in [1.82, 2.24) is 4.98 Å². The van der Waals surface area contributed by atoms with Gasteiger partial charge in [-0.2, -0.15) is 0 Å². The molecule has 0 saturated heterocycles. The fourth-order valence-corrected chi connectivity index (χ4v) is 4.95. The maximum Gasteiger partial charge on any atom is 0.266 e. The minimum atomic E-state index is -0.671. The number of benzene rings is 4. The van der Waals surface area contributed by atoms with E-state index in [1.807, 2.05) is 43.3 Å². The van der Waals surface area contributed by atoms with E-state index in [2.05, 4.69) is 4.98 Å². The lowest BCUT2D eigenvalue weighted by atomic mass is 10.1. The zero-order chi connectivity index (χ0) is 27.8. The Morgan fingerprint density at radius 1 is 0.692 bits per heavy atom. The number of halogens is 4. The highest BCUT2D eigenvalue weighted by molar-refractivity contribution is 6.41. The number of carbonyl (C=O) groups is 2. The number of amides is 2. The van der Waals surface area contributed by atoms with E-state index in [1.54, 1.807) is 18.2 Å². The van der Waals surface area contributed by atoms with Crippen LogP contribution < -0.4 is 9.80 Å². The average molecular weight is 599 g/mol. The van der Waals surface area contributed by atoms with E-state index in [0.29, 0.717) is 27.0 Å². The third kappa shape index (κ3) is 5.47. The van der Waals surface area contributed by atoms with E-state index in [4.69, 9.17) is 50.8 Å².